The normalized spacial score (nSPS) is 14.4. The Kier molecular flexibility index (Phi) is 6.77. The number of anilines is 1. The number of hydrogen-bond acceptors (Lipinski definition) is 5. The second-order valence-electron chi connectivity index (χ2n) is 8.42. The molecule has 1 fully saturated rings. The number of hydrogen-bond donors (Lipinski definition) is 2. The number of ether oxygens (including phenoxy) is 1. The Morgan fingerprint density at radius 2 is 1.88 bits per heavy atom. The van der Waals surface area contributed by atoms with Crippen molar-refractivity contribution in [2.24, 2.45) is 5.92 Å². The van der Waals surface area contributed by atoms with E-state index in [0.29, 0.717) is 15.6 Å². The van der Waals surface area contributed by atoms with Gasteiger partial charge in [0.2, 0.25) is 5.91 Å². The van der Waals surface area contributed by atoms with Crippen LogP contribution in [0.2, 0.25) is 0 Å². The summed E-state index contributed by atoms with van der Waals surface area (Å²) in [5.74, 6) is 0.674. The highest BCUT2D eigenvalue weighted by molar-refractivity contribution is 7.18. The average Bonchev–Trinajstić information content (AvgIpc) is 3.54. The summed E-state index contributed by atoms with van der Waals surface area (Å²) in [5, 5.41) is 16.2. The summed E-state index contributed by atoms with van der Waals surface area (Å²) in [6, 6.07) is 17.1. The molecule has 32 heavy (non-hydrogen) atoms. The van der Waals surface area contributed by atoms with Crippen LogP contribution >= 0.6 is 11.3 Å². The van der Waals surface area contributed by atoms with Gasteiger partial charge in [0, 0.05) is 17.3 Å². The van der Waals surface area contributed by atoms with Crippen molar-refractivity contribution in [3.63, 3.8) is 0 Å². The number of nitrogens with zero attached hydrogens (tertiary/aromatic N) is 1. The molecule has 7 heteroatoms. The van der Waals surface area contributed by atoms with Crippen molar-refractivity contribution in [3.8, 4) is 5.75 Å². The predicted octanol–water partition coefficient (Wildman–Crippen LogP) is 4.54. The maximum Gasteiger partial charge on any atom is 0.264 e. The maximum absolute atomic E-state index is 13.1. The summed E-state index contributed by atoms with van der Waals surface area (Å²) in [6.07, 6.45) is 1.03. The molecule has 168 valence electrons. The van der Waals surface area contributed by atoms with Crippen molar-refractivity contribution >= 4 is 38.9 Å². The molecule has 6 nitrogen and oxygen atoms in total. The molecule has 4 rings (SSSR count). The molecule has 1 aliphatic carbocycles. The quantitative estimate of drug-likeness (QED) is 0.500. The molecule has 1 aliphatic rings. The first-order chi connectivity index (χ1) is 15.4. The molecule has 1 heterocycles. The lowest BCUT2D eigenvalue weighted by Gasteiger charge is -2.28. The molecule has 0 unspecified atom stereocenters. The van der Waals surface area contributed by atoms with E-state index in [9.17, 15) is 14.7 Å². The molecule has 2 amide bonds. The summed E-state index contributed by atoms with van der Waals surface area (Å²) >= 11 is 1.26. The molecule has 0 radical (unpaired) electrons. The average molecular weight is 453 g/mol. The van der Waals surface area contributed by atoms with Gasteiger partial charge in [-0.1, -0.05) is 36.4 Å². The van der Waals surface area contributed by atoms with Gasteiger partial charge in [0.25, 0.3) is 5.91 Å². The third kappa shape index (κ3) is 5.29. The number of benzene rings is 2. The highest BCUT2D eigenvalue weighted by Gasteiger charge is 2.30. The fourth-order valence-electron chi connectivity index (χ4n) is 3.55. The van der Waals surface area contributed by atoms with Crippen LogP contribution in [0.5, 0.6) is 5.75 Å². The van der Waals surface area contributed by atoms with Gasteiger partial charge < -0.3 is 20.1 Å². The first kappa shape index (κ1) is 22.3. The van der Waals surface area contributed by atoms with E-state index in [1.165, 1.54) is 11.3 Å². The first-order valence-corrected chi connectivity index (χ1v) is 11.7. The molecule has 0 aliphatic heterocycles. The molecule has 0 saturated heterocycles. The maximum atomic E-state index is 13.1. The van der Waals surface area contributed by atoms with Crippen LogP contribution in [0.4, 0.5) is 5.00 Å². The van der Waals surface area contributed by atoms with Crippen molar-refractivity contribution in [2.45, 2.75) is 38.8 Å². The van der Waals surface area contributed by atoms with Gasteiger partial charge in [0.15, 0.2) is 0 Å². The molecule has 2 aromatic carbocycles. The standard InChI is InChI=1S/C25H28N2O4S/c1-16(2)27(25(30)22-12-13-23(32-22)26-24(29)18-10-11-18)14-19(28)15-31-21-9-5-7-17-6-3-4-8-20(17)21/h3-9,12-13,16,18-19,28H,10-11,14-15H2,1-2H3,(H,26,29)/t19-/m0/s1. The zero-order valence-electron chi connectivity index (χ0n) is 18.3. The van der Waals surface area contributed by atoms with E-state index in [-0.39, 0.29) is 36.9 Å². The van der Waals surface area contributed by atoms with E-state index < -0.39 is 6.10 Å². The van der Waals surface area contributed by atoms with E-state index in [4.69, 9.17) is 4.74 Å². The number of aliphatic hydroxyl groups excluding tert-OH is 1. The summed E-state index contributed by atoms with van der Waals surface area (Å²) in [6.45, 7) is 4.07. The second-order valence-corrected chi connectivity index (χ2v) is 9.50. The highest BCUT2D eigenvalue weighted by Crippen LogP contribution is 2.32. The number of fused-ring (bicyclic) bond motifs is 1. The van der Waals surface area contributed by atoms with Crippen LogP contribution in [0, 0.1) is 5.92 Å². The van der Waals surface area contributed by atoms with Crippen molar-refractivity contribution in [1.29, 1.82) is 0 Å². The van der Waals surface area contributed by atoms with Gasteiger partial charge in [-0.3, -0.25) is 9.59 Å². The van der Waals surface area contributed by atoms with Crippen molar-refractivity contribution in [3.05, 3.63) is 59.5 Å². The minimum absolute atomic E-state index is 0.0209. The zero-order chi connectivity index (χ0) is 22.7. The van der Waals surface area contributed by atoms with Gasteiger partial charge in [-0.15, -0.1) is 11.3 Å². The lowest BCUT2D eigenvalue weighted by molar-refractivity contribution is -0.117. The topological polar surface area (TPSA) is 78.9 Å². The van der Waals surface area contributed by atoms with Gasteiger partial charge >= 0.3 is 0 Å². The summed E-state index contributed by atoms with van der Waals surface area (Å²) in [7, 11) is 0. The minimum Gasteiger partial charge on any atom is -0.490 e. The number of rotatable bonds is 9. The lowest BCUT2D eigenvalue weighted by Crippen LogP contribution is -2.43. The largest absolute Gasteiger partial charge is 0.490 e. The van der Waals surface area contributed by atoms with Gasteiger partial charge in [-0.25, -0.2) is 0 Å². The minimum atomic E-state index is -0.839. The Morgan fingerprint density at radius 3 is 2.62 bits per heavy atom. The number of carbonyl (C=O) groups is 2. The summed E-state index contributed by atoms with van der Waals surface area (Å²) in [4.78, 5) is 27.2. The first-order valence-electron chi connectivity index (χ1n) is 10.9. The zero-order valence-corrected chi connectivity index (χ0v) is 19.1. The third-order valence-corrected chi connectivity index (χ3v) is 6.47. The summed E-state index contributed by atoms with van der Waals surface area (Å²) in [5.41, 5.74) is 0. The van der Waals surface area contributed by atoms with E-state index in [1.807, 2.05) is 56.3 Å². The Hall–Kier alpha value is -2.90. The van der Waals surface area contributed by atoms with Crippen LogP contribution in [0.25, 0.3) is 10.8 Å². The number of nitrogens with one attached hydrogen (secondary N) is 1. The third-order valence-electron chi connectivity index (χ3n) is 5.48. The summed E-state index contributed by atoms with van der Waals surface area (Å²) < 4.78 is 5.89. The van der Waals surface area contributed by atoms with Crippen molar-refractivity contribution < 1.29 is 19.4 Å². The predicted molar refractivity (Wildman–Crippen MR) is 127 cm³/mol. The Bertz CT molecular complexity index is 1100. The van der Waals surface area contributed by atoms with Crippen LogP contribution < -0.4 is 10.1 Å². The second kappa shape index (κ2) is 9.71. The van der Waals surface area contributed by atoms with Gasteiger partial charge in [0.1, 0.15) is 18.5 Å². The lowest BCUT2D eigenvalue weighted by atomic mass is 10.1. The monoisotopic (exact) mass is 452 g/mol. The fraction of sp³-hybridized carbons (Fsp3) is 0.360. The number of thiophene rings is 1. The number of carbonyl (C=O) groups excluding carboxylic acids is 2. The smallest absolute Gasteiger partial charge is 0.264 e. The Labute approximate surface area is 191 Å². The molecule has 0 bridgehead atoms. The molecule has 1 saturated carbocycles. The van der Waals surface area contributed by atoms with Crippen LogP contribution in [0.15, 0.2) is 54.6 Å². The van der Waals surface area contributed by atoms with E-state index in [1.54, 1.807) is 17.0 Å². The van der Waals surface area contributed by atoms with E-state index >= 15 is 0 Å². The van der Waals surface area contributed by atoms with Gasteiger partial charge in [-0.2, -0.15) is 0 Å². The van der Waals surface area contributed by atoms with Crippen LogP contribution in [-0.4, -0.2) is 47.1 Å². The van der Waals surface area contributed by atoms with Crippen molar-refractivity contribution in [1.82, 2.24) is 4.90 Å². The Balaban J connectivity index is 1.37. The van der Waals surface area contributed by atoms with E-state index in [2.05, 4.69) is 5.32 Å². The van der Waals surface area contributed by atoms with Crippen LogP contribution in [0.3, 0.4) is 0 Å². The van der Waals surface area contributed by atoms with E-state index in [0.717, 1.165) is 23.6 Å². The molecular weight excluding hydrogens is 424 g/mol. The molecule has 2 N–H and O–H groups in total. The van der Waals surface area contributed by atoms with Crippen molar-refractivity contribution in [2.75, 3.05) is 18.5 Å². The van der Waals surface area contributed by atoms with Crippen LogP contribution in [0.1, 0.15) is 36.4 Å². The molecule has 1 atom stereocenters. The number of aliphatic hydroxyl groups is 1. The highest BCUT2D eigenvalue weighted by atomic mass is 32.1. The SMILES string of the molecule is CC(C)N(C[C@H](O)COc1cccc2ccccc12)C(=O)c1ccc(NC(=O)C2CC2)s1. The van der Waals surface area contributed by atoms with Gasteiger partial charge in [0.05, 0.1) is 16.4 Å². The molecule has 1 aromatic heterocycles. The molecule has 0 spiro atoms. The number of amides is 2. The Morgan fingerprint density at radius 1 is 1.12 bits per heavy atom. The fourth-order valence-corrected chi connectivity index (χ4v) is 4.41. The van der Waals surface area contributed by atoms with Crippen LogP contribution in [-0.2, 0) is 4.79 Å². The molecule has 3 aromatic rings. The van der Waals surface area contributed by atoms with Gasteiger partial charge in [-0.05, 0) is 50.3 Å². The molecular formula is C25H28N2O4S.